The number of urea groups is 1. The Morgan fingerprint density at radius 2 is 1.73 bits per heavy atom. The van der Waals surface area contributed by atoms with Crippen molar-refractivity contribution in [1.82, 2.24) is 10.6 Å². The van der Waals surface area contributed by atoms with Gasteiger partial charge in [-0.15, -0.1) is 0 Å². The molecule has 0 heterocycles. The van der Waals surface area contributed by atoms with Crippen LogP contribution in [0.1, 0.15) is 5.56 Å². The number of benzene rings is 2. The van der Waals surface area contributed by atoms with Gasteiger partial charge in [0.25, 0.3) is 0 Å². The monoisotopic (exact) mass is 317 g/mol. The number of rotatable bonds is 5. The van der Waals surface area contributed by atoms with Gasteiger partial charge in [0.1, 0.15) is 0 Å². The Bertz CT molecular complexity index is 647. The number of halogens is 1. The van der Waals surface area contributed by atoms with Gasteiger partial charge in [-0.3, -0.25) is 4.79 Å². The Balaban J connectivity index is 1.70. The average Bonchev–Trinajstić information content (AvgIpc) is 2.52. The van der Waals surface area contributed by atoms with Crippen molar-refractivity contribution < 1.29 is 9.59 Å². The number of amides is 3. The lowest BCUT2D eigenvalue weighted by Crippen LogP contribution is -2.39. The van der Waals surface area contributed by atoms with E-state index in [1.54, 1.807) is 24.3 Å². The predicted molar refractivity (Wildman–Crippen MR) is 86.8 cm³/mol. The van der Waals surface area contributed by atoms with Gasteiger partial charge in [-0.2, -0.15) is 0 Å². The molecule has 0 aromatic heterocycles. The lowest BCUT2D eigenvalue weighted by Gasteiger charge is -2.08. The molecule has 2 rings (SSSR count). The van der Waals surface area contributed by atoms with Crippen molar-refractivity contribution in [3.05, 3.63) is 65.2 Å². The van der Waals surface area contributed by atoms with E-state index in [-0.39, 0.29) is 12.5 Å². The van der Waals surface area contributed by atoms with Gasteiger partial charge in [-0.1, -0.05) is 48.0 Å². The molecule has 114 valence electrons. The van der Waals surface area contributed by atoms with E-state index < -0.39 is 6.03 Å². The van der Waals surface area contributed by atoms with Gasteiger partial charge in [0.15, 0.2) is 0 Å². The molecular formula is C16H16ClN3O2. The van der Waals surface area contributed by atoms with Crippen molar-refractivity contribution in [3.63, 3.8) is 0 Å². The van der Waals surface area contributed by atoms with Crippen LogP contribution in [0.15, 0.2) is 54.6 Å². The van der Waals surface area contributed by atoms with Gasteiger partial charge < -0.3 is 16.0 Å². The van der Waals surface area contributed by atoms with Crippen LogP contribution in [0, 0.1) is 0 Å². The molecule has 0 aliphatic carbocycles. The highest BCUT2D eigenvalue weighted by Gasteiger charge is 2.05. The SMILES string of the molecule is O=C(CNC(=O)NCc1ccccc1)Nc1cccc(Cl)c1. The highest BCUT2D eigenvalue weighted by molar-refractivity contribution is 6.30. The van der Waals surface area contributed by atoms with Crippen molar-refractivity contribution in [2.75, 3.05) is 11.9 Å². The molecule has 0 aliphatic rings. The molecule has 0 saturated heterocycles. The fourth-order valence-corrected chi connectivity index (χ4v) is 1.96. The first-order chi connectivity index (χ1) is 10.6. The first kappa shape index (κ1) is 15.9. The molecule has 0 unspecified atom stereocenters. The second-order valence-electron chi connectivity index (χ2n) is 4.58. The lowest BCUT2D eigenvalue weighted by atomic mass is 10.2. The Hall–Kier alpha value is -2.53. The fraction of sp³-hybridized carbons (Fsp3) is 0.125. The van der Waals surface area contributed by atoms with Crippen molar-refractivity contribution >= 4 is 29.2 Å². The summed E-state index contributed by atoms with van der Waals surface area (Å²) in [4.78, 5) is 23.3. The zero-order chi connectivity index (χ0) is 15.8. The summed E-state index contributed by atoms with van der Waals surface area (Å²) in [7, 11) is 0. The van der Waals surface area contributed by atoms with Gasteiger partial charge in [-0.25, -0.2) is 4.79 Å². The number of anilines is 1. The minimum atomic E-state index is -0.398. The van der Waals surface area contributed by atoms with Crippen LogP contribution in [-0.2, 0) is 11.3 Å². The van der Waals surface area contributed by atoms with E-state index in [1.807, 2.05) is 30.3 Å². The molecule has 6 heteroatoms. The molecule has 0 spiro atoms. The molecule has 0 aliphatic heterocycles. The Kier molecular flexibility index (Phi) is 5.80. The molecule has 0 saturated carbocycles. The third-order valence-electron chi connectivity index (χ3n) is 2.81. The first-order valence-electron chi connectivity index (χ1n) is 6.74. The average molecular weight is 318 g/mol. The topological polar surface area (TPSA) is 70.2 Å². The second-order valence-corrected chi connectivity index (χ2v) is 5.02. The van der Waals surface area contributed by atoms with Gasteiger partial charge in [0, 0.05) is 17.3 Å². The lowest BCUT2D eigenvalue weighted by molar-refractivity contribution is -0.115. The van der Waals surface area contributed by atoms with Crippen molar-refractivity contribution in [1.29, 1.82) is 0 Å². The predicted octanol–water partition coefficient (Wildman–Crippen LogP) is 2.78. The summed E-state index contributed by atoms with van der Waals surface area (Å²) < 4.78 is 0. The molecule has 0 bridgehead atoms. The highest BCUT2D eigenvalue weighted by Crippen LogP contribution is 2.14. The Labute approximate surface area is 133 Å². The number of hydrogen-bond acceptors (Lipinski definition) is 2. The summed E-state index contributed by atoms with van der Waals surface area (Å²) in [5.41, 5.74) is 1.57. The minimum Gasteiger partial charge on any atom is -0.334 e. The quantitative estimate of drug-likeness (QED) is 0.793. The van der Waals surface area contributed by atoms with E-state index in [1.165, 1.54) is 0 Å². The third kappa shape index (κ3) is 5.46. The van der Waals surface area contributed by atoms with E-state index in [4.69, 9.17) is 11.6 Å². The molecule has 22 heavy (non-hydrogen) atoms. The van der Waals surface area contributed by atoms with Crippen LogP contribution < -0.4 is 16.0 Å². The van der Waals surface area contributed by atoms with E-state index in [0.29, 0.717) is 17.3 Å². The molecule has 2 aromatic carbocycles. The van der Waals surface area contributed by atoms with Crippen LogP contribution in [0.25, 0.3) is 0 Å². The maximum absolute atomic E-state index is 11.7. The molecular weight excluding hydrogens is 302 g/mol. The highest BCUT2D eigenvalue weighted by atomic mass is 35.5. The van der Waals surface area contributed by atoms with Crippen LogP contribution in [0.3, 0.4) is 0 Å². The third-order valence-corrected chi connectivity index (χ3v) is 3.05. The molecule has 0 fully saturated rings. The largest absolute Gasteiger partial charge is 0.334 e. The van der Waals surface area contributed by atoms with E-state index in [9.17, 15) is 9.59 Å². The van der Waals surface area contributed by atoms with Crippen LogP contribution in [0.2, 0.25) is 5.02 Å². The summed E-state index contributed by atoms with van der Waals surface area (Å²) in [5, 5.41) is 8.35. The summed E-state index contributed by atoms with van der Waals surface area (Å²) >= 11 is 5.82. The van der Waals surface area contributed by atoms with Gasteiger partial charge in [-0.05, 0) is 23.8 Å². The van der Waals surface area contributed by atoms with Crippen LogP contribution in [0.5, 0.6) is 0 Å². The first-order valence-corrected chi connectivity index (χ1v) is 7.12. The van der Waals surface area contributed by atoms with Gasteiger partial charge in [0.2, 0.25) is 5.91 Å². The molecule has 5 nitrogen and oxygen atoms in total. The number of hydrogen-bond donors (Lipinski definition) is 3. The Morgan fingerprint density at radius 1 is 0.955 bits per heavy atom. The molecule has 3 N–H and O–H groups in total. The molecule has 2 aromatic rings. The summed E-state index contributed by atoms with van der Waals surface area (Å²) in [6.45, 7) is 0.287. The molecule has 0 atom stereocenters. The zero-order valence-corrected chi connectivity index (χ0v) is 12.6. The standard InChI is InChI=1S/C16H16ClN3O2/c17-13-7-4-8-14(9-13)20-15(21)11-19-16(22)18-10-12-5-2-1-3-6-12/h1-9H,10-11H2,(H,20,21)(H2,18,19,22). The van der Waals surface area contributed by atoms with Crippen molar-refractivity contribution in [2.24, 2.45) is 0 Å². The maximum atomic E-state index is 11.7. The second kappa shape index (κ2) is 8.05. The normalized spacial score (nSPS) is 9.86. The molecule has 0 radical (unpaired) electrons. The summed E-state index contributed by atoms with van der Waals surface area (Å²) in [6.07, 6.45) is 0. The van der Waals surface area contributed by atoms with Gasteiger partial charge >= 0.3 is 6.03 Å². The maximum Gasteiger partial charge on any atom is 0.315 e. The number of carbonyl (C=O) groups is 2. The Morgan fingerprint density at radius 3 is 2.45 bits per heavy atom. The van der Waals surface area contributed by atoms with E-state index >= 15 is 0 Å². The van der Waals surface area contributed by atoms with Crippen LogP contribution >= 0.6 is 11.6 Å². The van der Waals surface area contributed by atoms with Crippen molar-refractivity contribution in [2.45, 2.75) is 6.54 Å². The zero-order valence-electron chi connectivity index (χ0n) is 11.8. The summed E-state index contributed by atoms with van der Waals surface area (Å²) in [5.74, 6) is -0.322. The summed E-state index contributed by atoms with van der Waals surface area (Å²) in [6, 6.07) is 15.9. The minimum absolute atomic E-state index is 0.118. The number of carbonyl (C=O) groups excluding carboxylic acids is 2. The van der Waals surface area contributed by atoms with Crippen LogP contribution in [-0.4, -0.2) is 18.5 Å². The van der Waals surface area contributed by atoms with Gasteiger partial charge in [0.05, 0.1) is 6.54 Å². The van der Waals surface area contributed by atoms with E-state index in [2.05, 4.69) is 16.0 Å². The number of nitrogens with one attached hydrogen (secondary N) is 3. The molecule has 3 amide bonds. The smallest absolute Gasteiger partial charge is 0.315 e. The van der Waals surface area contributed by atoms with Crippen LogP contribution in [0.4, 0.5) is 10.5 Å². The van der Waals surface area contributed by atoms with Crippen molar-refractivity contribution in [3.8, 4) is 0 Å². The van der Waals surface area contributed by atoms with E-state index in [0.717, 1.165) is 5.56 Å². The fourth-order valence-electron chi connectivity index (χ4n) is 1.77.